The van der Waals surface area contributed by atoms with Crippen molar-refractivity contribution in [2.45, 2.75) is 33.6 Å². The van der Waals surface area contributed by atoms with Crippen molar-refractivity contribution in [3.05, 3.63) is 47.2 Å². The topological polar surface area (TPSA) is 9.23 Å². The third-order valence-electron chi connectivity index (χ3n) is 3.20. The number of hydrogen-bond donors (Lipinski definition) is 0. The zero-order valence-corrected chi connectivity index (χ0v) is 12.5. The molecule has 1 heteroatoms. The maximum Gasteiger partial charge on any atom is 0.134 e. The molecular weight excluding hydrogens is 232 g/mol. The Morgan fingerprint density at radius 3 is 2.53 bits per heavy atom. The summed E-state index contributed by atoms with van der Waals surface area (Å²) in [6, 6.07) is 2.20. The fraction of sp³-hybridized carbons (Fsp3) is 0.389. The van der Waals surface area contributed by atoms with Gasteiger partial charge in [-0.25, -0.2) is 0 Å². The summed E-state index contributed by atoms with van der Waals surface area (Å²) in [6.07, 6.45) is 5.80. The van der Waals surface area contributed by atoms with Crippen LogP contribution < -0.4 is 4.74 Å². The second-order valence-electron chi connectivity index (χ2n) is 5.05. The first-order valence-corrected chi connectivity index (χ1v) is 6.79. The van der Waals surface area contributed by atoms with Crippen molar-refractivity contribution < 1.29 is 4.74 Å². The van der Waals surface area contributed by atoms with Gasteiger partial charge in [-0.3, -0.25) is 0 Å². The number of benzene rings is 1. The Bertz CT molecular complexity index is 503. The summed E-state index contributed by atoms with van der Waals surface area (Å²) in [5.74, 6) is 1.49. The molecule has 0 radical (unpaired) electrons. The monoisotopic (exact) mass is 256 g/mol. The Hall–Kier alpha value is -1.72. The maximum absolute atomic E-state index is 5.55. The smallest absolute Gasteiger partial charge is 0.134 e. The van der Waals surface area contributed by atoms with Crippen LogP contribution in [0.1, 0.15) is 43.0 Å². The second kappa shape index (κ2) is 7.01. The van der Waals surface area contributed by atoms with E-state index >= 15 is 0 Å². The lowest BCUT2D eigenvalue weighted by Crippen LogP contribution is -2.04. The molecule has 0 amide bonds. The van der Waals surface area contributed by atoms with Crippen LogP contribution in [-0.4, -0.2) is 7.11 Å². The summed E-state index contributed by atoms with van der Waals surface area (Å²) in [5.41, 5.74) is 7.70. The van der Waals surface area contributed by atoms with Crippen molar-refractivity contribution in [1.82, 2.24) is 0 Å². The van der Waals surface area contributed by atoms with Crippen molar-refractivity contribution in [3.63, 3.8) is 0 Å². The van der Waals surface area contributed by atoms with Crippen molar-refractivity contribution in [2.24, 2.45) is 5.92 Å². The SMILES string of the molecule is C=C=Cc1c(CC)c(CC(C)C)cc(C=C)c1OC. The van der Waals surface area contributed by atoms with Gasteiger partial charge in [0.1, 0.15) is 5.75 Å². The highest BCUT2D eigenvalue weighted by atomic mass is 16.5. The zero-order valence-electron chi connectivity index (χ0n) is 12.5. The molecule has 0 saturated heterocycles. The highest BCUT2D eigenvalue weighted by Crippen LogP contribution is 2.33. The van der Waals surface area contributed by atoms with Gasteiger partial charge in [0.2, 0.25) is 0 Å². The average molecular weight is 256 g/mol. The second-order valence-corrected chi connectivity index (χ2v) is 5.05. The minimum Gasteiger partial charge on any atom is -0.495 e. The van der Waals surface area contributed by atoms with E-state index in [0.717, 1.165) is 29.7 Å². The number of hydrogen-bond acceptors (Lipinski definition) is 1. The lowest BCUT2D eigenvalue weighted by atomic mass is 9.89. The summed E-state index contributed by atoms with van der Waals surface area (Å²) in [4.78, 5) is 0. The lowest BCUT2D eigenvalue weighted by Gasteiger charge is -2.18. The van der Waals surface area contributed by atoms with Crippen LogP contribution in [0.5, 0.6) is 5.75 Å². The third-order valence-corrected chi connectivity index (χ3v) is 3.20. The van der Waals surface area contributed by atoms with Gasteiger partial charge in [-0.05, 0) is 42.0 Å². The summed E-state index contributed by atoms with van der Waals surface area (Å²) in [7, 11) is 1.70. The van der Waals surface area contributed by atoms with Crippen LogP contribution in [0, 0.1) is 5.92 Å². The molecule has 1 aromatic carbocycles. The summed E-state index contributed by atoms with van der Waals surface area (Å²) < 4.78 is 5.55. The van der Waals surface area contributed by atoms with Gasteiger partial charge in [0, 0.05) is 11.1 Å². The highest BCUT2D eigenvalue weighted by Gasteiger charge is 2.15. The molecule has 0 aromatic heterocycles. The molecule has 1 rings (SSSR count). The Morgan fingerprint density at radius 1 is 1.42 bits per heavy atom. The first-order chi connectivity index (χ1) is 9.08. The molecule has 0 unspecified atom stereocenters. The van der Waals surface area contributed by atoms with E-state index in [1.807, 2.05) is 12.2 Å². The van der Waals surface area contributed by atoms with E-state index in [9.17, 15) is 0 Å². The molecule has 0 fully saturated rings. The van der Waals surface area contributed by atoms with Gasteiger partial charge in [0.15, 0.2) is 0 Å². The van der Waals surface area contributed by atoms with Crippen molar-refractivity contribution in [2.75, 3.05) is 7.11 Å². The molecular formula is C18H24O. The van der Waals surface area contributed by atoms with Gasteiger partial charge < -0.3 is 4.74 Å². The Morgan fingerprint density at radius 2 is 2.11 bits per heavy atom. The van der Waals surface area contributed by atoms with Crippen LogP contribution in [0.15, 0.2) is 25.0 Å². The van der Waals surface area contributed by atoms with Crippen molar-refractivity contribution in [1.29, 1.82) is 0 Å². The Balaban J connectivity index is 3.61. The van der Waals surface area contributed by atoms with Gasteiger partial charge in [0.25, 0.3) is 0 Å². The van der Waals surface area contributed by atoms with E-state index < -0.39 is 0 Å². The predicted octanol–water partition coefficient (Wildman–Crippen LogP) is 4.90. The normalized spacial score (nSPS) is 10.2. The largest absolute Gasteiger partial charge is 0.495 e. The molecule has 1 nitrogen and oxygen atoms in total. The number of ether oxygens (including phenoxy) is 1. The van der Waals surface area contributed by atoms with E-state index in [0.29, 0.717) is 5.92 Å². The summed E-state index contributed by atoms with van der Waals surface area (Å²) in [5, 5.41) is 0. The predicted molar refractivity (Wildman–Crippen MR) is 84.6 cm³/mol. The molecule has 1 aromatic rings. The first-order valence-electron chi connectivity index (χ1n) is 6.79. The van der Waals surface area contributed by atoms with Gasteiger partial charge in [-0.1, -0.05) is 40.0 Å². The first kappa shape index (κ1) is 15.3. The van der Waals surface area contributed by atoms with Gasteiger partial charge in [0.05, 0.1) is 7.11 Å². The molecule has 0 aliphatic carbocycles. The van der Waals surface area contributed by atoms with Crippen LogP contribution in [0.4, 0.5) is 0 Å². The van der Waals surface area contributed by atoms with Gasteiger partial charge in [-0.2, -0.15) is 0 Å². The van der Waals surface area contributed by atoms with Gasteiger partial charge >= 0.3 is 0 Å². The van der Waals surface area contributed by atoms with Crippen LogP contribution in [0.25, 0.3) is 12.2 Å². The molecule has 0 atom stereocenters. The van der Waals surface area contributed by atoms with Crippen LogP contribution >= 0.6 is 0 Å². The molecule has 19 heavy (non-hydrogen) atoms. The summed E-state index contributed by atoms with van der Waals surface area (Å²) >= 11 is 0. The standard InChI is InChI=1S/C18H24O/c1-7-10-17-16(9-3)15(11-13(4)5)12-14(8-2)18(17)19-6/h8,10,12-13H,1-2,9,11H2,3-6H3. The average Bonchev–Trinajstić information content (AvgIpc) is 2.38. The van der Waals surface area contributed by atoms with E-state index in [-0.39, 0.29) is 0 Å². The molecule has 0 bridgehead atoms. The van der Waals surface area contributed by atoms with E-state index in [4.69, 9.17) is 4.74 Å². The number of methoxy groups -OCH3 is 1. The molecule has 0 N–H and O–H groups in total. The molecule has 0 spiro atoms. The van der Waals surface area contributed by atoms with E-state index in [1.165, 1.54) is 11.1 Å². The third kappa shape index (κ3) is 3.39. The quantitative estimate of drug-likeness (QED) is 0.658. The molecule has 0 aliphatic heterocycles. The minimum atomic E-state index is 0.622. The van der Waals surface area contributed by atoms with E-state index in [2.05, 4.69) is 45.7 Å². The number of rotatable bonds is 6. The Kier molecular flexibility index (Phi) is 5.66. The van der Waals surface area contributed by atoms with Crippen LogP contribution in [-0.2, 0) is 12.8 Å². The molecule has 0 heterocycles. The van der Waals surface area contributed by atoms with Crippen molar-refractivity contribution >= 4 is 12.2 Å². The Labute approximate surface area is 117 Å². The van der Waals surface area contributed by atoms with E-state index in [1.54, 1.807) is 7.11 Å². The maximum atomic E-state index is 5.55. The fourth-order valence-corrected chi connectivity index (χ4v) is 2.48. The molecule has 0 saturated carbocycles. The molecule has 0 aliphatic rings. The summed E-state index contributed by atoms with van der Waals surface area (Å²) in [6.45, 7) is 14.2. The van der Waals surface area contributed by atoms with Crippen LogP contribution in [0.2, 0.25) is 0 Å². The van der Waals surface area contributed by atoms with Crippen molar-refractivity contribution in [3.8, 4) is 5.75 Å². The fourth-order valence-electron chi connectivity index (χ4n) is 2.48. The molecule has 102 valence electrons. The van der Waals surface area contributed by atoms with Gasteiger partial charge in [-0.15, -0.1) is 5.73 Å². The minimum absolute atomic E-state index is 0.622. The zero-order chi connectivity index (χ0) is 14.4. The lowest BCUT2D eigenvalue weighted by molar-refractivity contribution is 0.412. The highest BCUT2D eigenvalue weighted by molar-refractivity contribution is 5.71. The van der Waals surface area contributed by atoms with Crippen LogP contribution in [0.3, 0.4) is 0 Å².